The van der Waals surface area contributed by atoms with Crippen molar-refractivity contribution in [2.45, 2.75) is 0 Å². The van der Waals surface area contributed by atoms with Crippen molar-refractivity contribution in [3.05, 3.63) is 36.0 Å². The van der Waals surface area contributed by atoms with Crippen molar-refractivity contribution in [3.63, 3.8) is 0 Å². The molecule has 1 saturated heterocycles. The van der Waals surface area contributed by atoms with Crippen LogP contribution in [0.25, 0.3) is 10.9 Å². The van der Waals surface area contributed by atoms with Gasteiger partial charge in [0.2, 0.25) is 0 Å². The summed E-state index contributed by atoms with van der Waals surface area (Å²) in [5, 5.41) is 10.2. The molecule has 1 N–H and O–H groups in total. The predicted molar refractivity (Wildman–Crippen MR) is 95.1 cm³/mol. The fourth-order valence-corrected chi connectivity index (χ4v) is 4.01. The minimum atomic E-state index is -3.44. The number of nitrogens with zero attached hydrogens (tertiary/aromatic N) is 4. The van der Waals surface area contributed by atoms with Crippen LogP contribution in [0.2, 0.25) is 0 Å². The van der Waals surface area contributed by atoms with Crippen LogP contribution in [0, 0.1) is 0 Å². The lowest BCUT2D eigenvalue weighted by molar-refractivity contribution is 0.0691. The lowest BCUT2D eigenvalue weighted by atomic mass is 10.1. The molecule has 0 atom stereocenters. The Morgan fingerprint density at radius 2 is 1.80 bits per heavy atom. The summed E-state index contributed by atoms with van der Waals surface area (Å²) in [5.74, 6) is -1.08. The predicted octanol–water partition coefficient (Wildman–Crippen LogP) is 0.861. The Hall–Kier alpha value is -2.23. The van der Waals surface area contributed by atoms with E-state index in [-0.39, 0.29) is 5.69 Å². The molecule has 0 radical (unpaired) electrons. The summed E-state index contributed by atoms with van der Waals surface area (Å²) in [4.78, 5) is 17.5. The van der Waals surface area contributed by atoms with E-state index in [1.165, 1.54) is 22.7 Å². The first kappa shape index (κ1) is 17.6. The molecule has 9 heteroatoms. The Morgan fingerprint density at radius 3 is 2.40 bits per heavy atom. The summed E-state index contributed by atoms with van der Waals surface area (Å²) in [6.07, 6.45) is 0. The average molecular weight is 364 g/mol. The standard InChI is InChI=1S/C16H20N4O4S/c1-18(2)25(23,24)20-9-7-19(8-10-20)15-11-14(16(21)22)17-13-6-4-3-5-12(13)15/h3-6,11H,7-10H2,1-2H3,(H,21,22). The van der Waals surface area contributed by atoms with Gasteiger partial charge in [0.15, 0.2) is 5.69 Å². The molecule has 2 aromatic rings. The number of aromatic carboxylic acids is 1. The number of pyridine rings is 1. The van der Waals surface area contributed by atoms with Crippen molar-refractivity contribution in [3.8, 4) is 0 Å². The highest BCUT2D eigenvalue weighted by Crippen LogP contribution is 2.28. The van der Waals surface area contributed by atoms with Crippen LogP contribution in [-0.2, 0) is 10.2 Å². The molecule has 1 fully saturated rings. The third-order valence-electron chi connectivity index (χ3n) is 4.28. The van der Waals surface area contributed by atoms with E-state index in [4.69, 9.17) is 0 Å². The maximum absolute atomic E-state index is 12.2. The van der Waals surface area contributed by atoms with Crippen LogP contribution < -0.4 is 4.90 Å². The van der Waals surface area contributed by atoms with Crippen LogP contribution in [-0.4, -0.2) is 73.4 Å². The monoisotopic (exact) mass is 364 g/mol. The fraction of sp³-hybridized carbons (Fsp3) is 0.375. The molecule has 0 amide bonds. The molecule has 0 spiro atoms. The molecule has 2 heterocycles. The Kier molecular flexibility index (Phi) is 4.63. The molecule has 1 aromatic carbocycles. The fourth-order valence-electron chi connectivity index (χ4n) is 2.92. The molecule has 134 valence electrons. The minimum Gasteiger partial charge on any atom is -0.477 e. The molecule has 0 aliphatic carbocycles. The third kappa shape index (κ3) is 3.30. The molecule has 1 aromatic heterocycles. The second-order valence-corrected chi connectivity index (χ2v) is 8.17. The smallest absolute Gasteiger partial charge is 0.354 e. The Balaban J connectivity index is 1.92. The average Bonchev–Trinajstić information content (AvgIpc) is 2.60. The van der Waals surface area contributed by atoms with Gasteiger partial charge in [0.1, 0.15) is 0 Å². The van der Waals surface area contributed by atoms with Crippen molar-refractivity contribution >= 4 is 32.8 Å². The SMILES string of the molecule is CN(C)S(=O)(=O)N1CCN(c2cc(C(=O)O)nc3ccccc23)CC1. The number of carboxylic acids is 1. The Labute approximate surface area is 146 Å². The van der Waals surface area contributed by atoms with Crippen LogP contribution in [0.3, 0.4) is 0 Å². The second-order valence-electron chi connectivity index (χ2n) is 6.03. The van der Waals surface area contributed by atoms with E-state index in [1.807, 2.05) is 23.1 Å². The molecule has 1 aliphatic rings. The van der Waals surface area contributed by atoms with E-state index in [0.29, 0.717) is 31.7 Å². The molecule has 0 saturated carbocycles. The number of fused-ring (bicyclic) bond motifs is 1. The zero-order valence-electron chi connectivity index (χ0n) is 14.1. The zero-order chi connectivity index (χ0) is 18.2. The van der Waals surface area contributed by atoms with Gasteiger partial charge in [-0.15, -0.1) is 0 Å². The second kappa shape index (κ2) is 6.58. The van der Waals surface area contributed by atoms with Crippen molar-refractivity contribution in [1.82, 2.24) is 13.6 Å². The van der Waals surface area contributed by atoms with E-state index in [0.717, 1.165) is 11.1 Å². The Morgan fingerprint density at radius 1 is 1.16 bits per heavy atom. The summed E-state index contributed by atoms with van der Waals surface area (Å²) >= 11 is 0. The lowest BCUT2D eigenvalue weighted by Gasteiger charge is -2.36. The van der Waals surface area contributed by atoms with Gasteiger partial charge >= 0.3 is 5.97 Å². The van der Waals surface area contributed by atoms with Gasteiger partial charge in [-0.1, -0.05) is 18.2 Å². The Bertz CT molecular complexity index is 905. The van der Waals surface area contributed by atoms with E-state index in [1.54, 1.807) is 12.1 Å². The molecule has 25 heavy (non-hydrogen) atoms. The van der Waals surface area contributed by atoms with Crippen molar-refractivity contribution < 1.29 is 18.3 Å². The number of anilines is 1. The summed E-state index contributed by atoms with van der Waals surface area (Å²) in [5.41, 5.74) is 1.36. The van der Waals surface area contributed by atoms with Crippen LogP contribution in [0.4, 0.5) is 5.69 Å². The normalized spacial score (nSPS) is 16.5. The zero-order valence-corrected chi connectivity index (χ0v) is 14.9. The first-order chi connectivity index (χ1) is 11.8. The van der Waals surface area contributed by atoms with Crippen LogP contribution in [0.15, 0.2) is 30.3 Å². The quantitative estimate of drug-likeness (QED) is 0.865. The molecule has 8 nitrogen and oxygen atoms in total. The number of benzene rings is 1. The third-order valence-corrected chi connectivity index (χ3v) is 6.22. The van der Waals surface area contributed by atoms with Crippen molar-refractivity contribution in [1.29, 1.82) is 0 Å². The summed E-state index contributed by atoms with van der Waals surface area (Å²) in [6.45, 7) is 1.67. The van der Waals surface area contributed by atoms with Gasteiger partial charge in [-0.25, -0.2) is 9.78 Å². The number of carbonyl (C=O) groups is 1. The summed E-state index contributed by atoms with van der Waals surface area (Å²) < 4.78 is 27.1. The highest BCUT2D eigenvalue weighted by atomic mass is 32.2. The maximum Gasteiger partial charge on any atom is 0.354 e. The van der Waals surface area contributed by atoms with Crippen molar-refractivity contribution in [2.24, 2.45) is 0 Å². The lowest BCUT2D eigenvalue weighted by Crippen LogP contribution is -2.51. The molecular weight excluding hydrogens is 344 g/mol. The number of para-hydroxylation sites is 1. The number of hydrogen-bond acceptors (Lipinski definition) is 5. The first-order valence-electron chi connectivity index (χ1n) is 7.86. The van der Waals surface area contributed by atoms with Crippen LogP contribution in [0.1, 0.15) is 10.5 Å². The highest BCUT2D eigenvalue weighted by molar-refractivity contribution is 7.86. The maximum atomic E-state index is 12.2. The molecule has 0 bridgehead atoms. The van der Waals surface area contributed by atoms with E-state index < -0.39 is 16.2 Å². The van der Waals surface area contributed by atoms with Gasteiger partial charge in [-0.3, -0.25) is 0 Å². The van der Waals surface area contributed by atoms with E-state index in [2.05, 4.69) is 4.98 Å². The van der Waals surface area contributed by atoms with E-state index in [9.17, 15) is 18.3 Å². The summed E-state index contributed by atoms with van der Waals surface area (Å²) in [6, 6.07) is 8.91. The molecule has 1 aliphatic heterocycles. The molecule has 3 rings (SSSR count). The highest BCUT2D eigenvalue weighted by Gasteiger charge is 2.29. The number of carboxylic acid groups (broad SMARTS) is 1. The van der Waals surface area contributed by atoms with Crippen LogP contribution in [0.5, 0.6) is 0 Å². The summed E-state index contributed by atoms with van der Waals surface area (Å²) in [7, 11) is -0.414. The van der Waals surface area contributed by atoms with Crippen LogP contribution >= 0.6 is 0 Å². The largest absolute Gasteiger partial charge is 0.477 e. The molecule has 0 unspecified atom stereocenters. The number of piperazine rings is 1. The van der Waals surface area contributed by atoms with E-state index >= 15 is 0 Å². The number of hydrogen-bond donors (Lipinski definition) is 1. The topological polar surface area (TPSA) is 94.1 Å². The van der Waals surface area contributed by atoms with Gasteiger partial charge in [0, 0.05) is 51.3 Å². The molecular formula is C16H20N4O4S. The van der Waals surface area contributed by atoms with Gasteiger partial charge in [-0.2, -0.15) is 17.0 Å². The number of rotatable bonds is 4. The minimum absolute atomic E-state index is 0.0166. The van der Waals surface area contributed by atoms with Gasteiger partial charge in [0.25, 0.3) is 10.2 Å². The van der Waals surface area contributed by atoms with Gasteiger partial charge in [-0.05, 0) is 12.1 Å². The van der Waals surface area contributed by atoms with Gasteiger partial charge < -0.3 is 10.0 Å². The van der Waals surface area contributed by atoms with Gasteiger partial charge in [0.05, 0.1) is 5.52 Å². The number of aromatic nitrogens is 1. The van der Waals surface area contributed by atoms with Crippen molar-refractivity contribution in [2.75, 3.05) is 45.2 Å². The first-order valence-corrected chi connectivity index (χ1v) is 9.26.